The first-order valence-electron chi connectivity index (χ1n) is 7.90. The Hall–Kier alpha value is -2.96. The molecule has 1 aromatic heterocycles. The van der Waals surface area contributed by atoms with E-state index in [0.717, 1.165) is 5.69 Å². The molecule has 0 aliphatic rings. The van der Waals surface area contributed by atoms with E-state index in [0.29, 0.717) is 12.1 Å². The van der Waals surface area contributed by atoms with Crippen molar-refractivity contribution in [1.29, 1.82) is 0 Å². The molecule has 0 bridgehead atoms. The van der Waals surface area contributed by atoms with Crippen LogP contribution in [0.1, 0.15) is 21.6 Å². The number of nitrogens with one attached hydrogen (secondary N) is 2. The Kier molecular flexibility index (Phi) is 6.45. The number of nitrogens with zero attached hydrogens (tertiary/aromatic N) is 2. The number of hydrogen-bond acceptors (Lipinski definition) is 3. The van der Waals surface area contributed by atoms with E-state index in [1.54, 1.807) is 32.3 Å². The molecule has 7 heteroatoms. The van der Waals surface area contributed by atoms with Crippen LogP contribution in [0.5, 0.6) is 0 Å². The number of amides is 3. The lowest BCUT2D eigenvalue weighted by molar-refractivity contribution is 0.0953. The maximum atomic E-state index is 13.5. The van der Waals surface area contributed by atoms with Crippen LogP contribution in [0, 0.1) is 12.7 Å². The molecule has 0 aliphatic heterocycles. The van der Waals surface area contributed by atoms with Crippen molar-refractivity contribution >= 4 is 11.9 Å². The number of carbonyl (C=O) groups excluding carboxylic acids is 2. The minimum Gasteiger partial charge on any atom is -0.350 e. The average Bonchev–Trinajstić information content (AvgIpc) is 2.61. The number of benzene rings is 1. The van der Waals surface area contributed by atoms with Crippen molar-refractivity contribution in [1.82, 2.24) is 20.5 Å². The normalized spacial score (nSPS) is 10.2. The highest BCUT2D eigenvalue weighted by Crippen LogP contribution is 2.08. The van der Waals surface area contributed by atoms with Crippen molar-refractivity contribution in [2.24, 2.45) is 0 Å². The van der Waals surface area contributed by atoms with Crippen molar-refractivity contribution < 1.29 is 14.0 Å². The van der Waals surface area contributed by atoms with Gasteiger partial charge in [0, 0.05) is 31.9 Å². The highest BCUT2D eigenvalue weighted by molar-refractivity contribution is 5.94. The van der Waals surface area contributed by atoms with E-state index in [1.165, 1.54) is 11.0 Å². The van der Waals surface area contributed by atoms with Gasteiger partial charge in [0.2, 0.25) is 0 Å². The van der Waals surface area contributed by atoms with E-state index < -0.39 is 5.82 Å². The van der Waals surface area contributed by atoms with Crippen LogP contribution in [-0.4, -0.2) is 42.0 Å². The molecular weight excluding hydrogens is 323 g/mol. The lowest BCUT2D eigenvalue weighted by Crippen LogP contribution is -2.41. The van der Waals surface area contributed by atoms with Crippen LogP contribution >= 0.6 is 0 Å². The summed E-state index contributed by atoms with van der Waals surface area (Å²) in [6.07, 6.45) is 1.67. The van der Waals surface area contributed by atoms with E-state index in [1.807, 2.05) is 18.2 Å². The van der Waals surface area contributed by atoms with Crippen LogP contribution < -0.4 is 10.6 Å². The summed E-state index contributed by atoms with van der Waals surface area (Å²) < 4.78 is 13.5. The zero-order chi connectivity index (χ0) is 18.2. The third-order valence-corrected chi connectivity index (χ3v) is 3.59. The van der Waals surface area contributed by atoms with E-state index >= 15 is 0 Å². The molecule has 2 rings (SSSR count). The fourth-order valence-electron chi connectivity index (χ4n) is 2.12. The van der Waals surface area contributed by atoms with Crippen molar-refractivity contribution in [3.05, 3.63) is 65.2 Å². The fourth-order valence-corrected chi connectivity index (χ4v) is 2.12. The summed E-state index contributed by atoms with van der Waals surface area (Å²) in [5.41, 5.74) is 1.52. The van der Waals surface area contributed by atoms with Gasteiger partial charge < -0.3 is 15.5 Å². The van der Waals surface area contributed by atoms with Crippen LogP contribution in [0.15, 0.2) is 42.6 Å². The van der Waals surface area contributed by atoms with Crippen LogP contribution in [-0.2, 0) is 6.54 Å². The summed E-state index contributed by atoms with van der Waals surface area (Å²) in [5.74, 6) is -0.799. The maximum absolute atomic E-state index is 13.5. The van der Waals surface area contributed by atoms with Gasteiger partial charge in [-0.3, -0.25) is 9.78 Å². The number of urea groups is 1. The van der Waals surface area contributed by atoms with Crippen LogP contribution in [0.2, 0.25) is 0 Å². The van der Waals surface area contributed by atoms with Gasteiger partial charge in [0.25, 0.3) is 5.91 Å². The van der Waals surface area contributed by atoms with Gasteiger partial charge in [0.05, 0.1) is 12.2 Å². The SMILES string of the molecule is Cc1ccc(C(=O)NCCNC(=O)N(C)Cc2ccccn2)cc1F. The largest absolute Gasteiger partial charge is 0.350 e. The van der Waals surface area contributed by atoms with Gasteiger partial charge in [-0.1, -0.05) is 12.1 Å². The molecule has 1 aromatic carbocycles. The first kappa shape index (κ1) is 18.4. The zero-order valence-corrected chi connectivity index (χ0v) is 14.3. The van der Waals surface area contributed by atoms with Crippen molar-refractivity contribution in [3.8, 4) is 0 Å². The Bertz CT molecular complexity index is 737. The molecule has 0 atom stereocenters. The molecule has 2 aromatic rings. The first-order chi connectivity index (χ1) is 12.0. The Labute approximate surface area is 146 Å². The molecule has 0 unspecified atom stereocenters. The number of rotatable bonds is 6. The lowest BCUT2D eigenvalue weighted by atomic mass is 10.1. The molecule has 0 spiro atoms. The van der Waals surface area contributed by atoms with Gasteiger partial charge in [-0.2, -0.15) is 0 Å². The maximum Gasteiger partial charge on any atom is 0.317 e. The monoisotopic (exact) mass is 344 g/mol. The summed E-state index contributed by atoms with van der Waals surface area (Å²) in [6.45, 7) is 2.54. The van der Waals surface area contributed by atoms with E-state index in [-0.39, 0.29) is 30.6 Å². The predicted octanol–water partition coefficient (Wildman–Crippen LogP) is 2.10. The molecule has 132 valence electrons. The minimum absolute atomic E-state index is 0.248. The molecule has 2 N–H and O–H groups in total. The molecule has 0 saturated heterocycles. The number of aromatic nitrogens is 1. The number of aryl methyl sites for hydroxylation is 1. The van der Waals surface area contributed by atoms with Crippen molar-refractivity contribution in [2.45, 2.75) is 13.5 Å². The van der Waals surface area contributed by atoms with Crippen molar-refractivity contribution in [3.63, 3.8) is 0 Å². The van der Waals surface area contributed by atoms with Gasteiger partial charge in [0.1, 0.15) is 5.82 Å². The van der Waals surface area contributed by atoms with Crippen molar-refractivity contribution in [2.75, 3.05) is 20.1 Å². The van der Waals surface area contributed by atoms with E-state index in [9.17, 15) is 14.0 Å². The number of carbonyl (C=O) groups is 2. The number of halogens is 1. The van der Waals surface area contributed by atoms with Gasteiger partial charge in [-0.25, -0.2) is 9.18 Å². The number of pyridine rings is 1. The summed E-state index contributed by atoms with van der Waals surface area (Å²) in [7, 11) is 1.66. The zero-order valence-electron chi connectivity index (χ0n) is 14.3. The topological polar surface area (TPSA) is 74.3 Å². The molecule has 0 fully saturated rings. The Balaban J connectivity index is 1.72. The first-order valence-corrected chi connectivity index (χ1v) is 7.90. The molecular formula is C18H21FN4O2. The smallest absolute Gasteiger partial charge is 0.317 e. The highest BCUT2D eigenvalue weighted by Gasteiger charge is 2.10. The quantitative estimate of drug-likeness (QED) is 0.788. The van der Waals surface area contributed by atoms with Gasteiger partial charge in [0.15, 0.2) is 0 Å². The molecule has 25 heavy (non-hydrogen) atoms. The second-order valence-electron chi connectivity index (χ2n) is 5.63. The van der Waals surface area contributed by atoms with Gasteiger partial charge >= 0.3 is 6.03 Å². The molecule has 0 saturated carbocycles. The Morgan fingerprint density at radius 3 is 2.60 bits per heavy atom. The second kappa shape index (κ2) is 8.77. The number of hydrogen-bond donors (Lipinski definition) is 2. The molecule has 0 radical (unpaired) electrons. The minimum atomic E-state index is -0.419. The van der Waals surface area contributed by atoms with Gasteiger partial charge in [-0.05, 0) is 36.8 Å². The Morgan fingerprint density at radius 1 is 1.16 bits per heavy atom. The third-order valence-electron chi connectivity index (χ3n) is 3.59. The highest BCUT2D eigenvalue weighted by atomic mass is 19.1. The summed E-state index contributed by atoms with van der Waals surface area (Å²) in [5, 5.41) is 5.34. The fraction of sp³-hybridized carbons (Fsp3) is 0.278. The third kappa shape index (κ3) is 5.56. The van der Waals surface area contributed by atoms with Crippen LogP contribution in [0.4, 0.5) is 9.18 Å². The van der Waals surface area contributed by atoms with Crippen LogP contribution in [0.25, 0.3) is 0 Å². The summed E-state index contributed by atoms with van der Waals surface area (Å²) >= 11 is 0. The standard InChI is InChI=1S/C18H21FN4O2/c1-13-6-7-14(11-16(13)19)17(24)21-9-10-22-18(25)23(2)12-15-5-3-4-8-20-15/h3-8,11H,9-10,12H2,1-2H3,(H,21,24)(H,22,25). The summed E-state index contributed by atoms with van der Waals surface area (Å²) in [4.78, 5) is 29.5. The Morgan fingerprint density at radius 2 is 1.92 bits per heavy atom. The summed E-state index contributed by atoms with van der Waals surface area (Å²) in [6, 6.07) is 9.56. The molecule has 1 heterocycles. The van der Waals surface area contributed by atoms with Gasteiger partial charge in [-0.15, -0.1) is 0 Å². The van der Waals surface area contributed by atoms with Crippen LogP contribution in [0.3, 0.4) is 0 Å². The average molecular weight is 344 g/mol. The lowest BCUT2D eigenvalue weighted by Gasteiger charge is -2.17. The van der Waals surface area contributed by atoms with E-state index in [4.69, 9.17) is 0 Å². The molecule has 0 aliphatic carbocycles. The molecule has 6 nitrogen and oxygen atoms in total. The predicted molar refractivity (Wildman–Crippen MR) is 92.6 cm³/mol. The molecule has 3 amide bonds. The van der Waals surface area contributed by atoms with E-state index in [2.05, 4.69) is 15.6 Å². The second-order valence-corrected chi connectivity index (χ2v) is 5.63.